The summed E-state index contributed by atoms with van der Waals surface area (Å²) in [5, 5.41) is 2.74. The minimum atomic E-state index is -4.56. The number of benzene rings is 2. The summed E-state index contributed by atoms with van der Waals surface area (Å²) in [6.45, 7) is 0.239. The fraction of sp³-hybridized carbons (Fsp3) is 0.0714. The Labute approximate surface area is 154 Å². The number of hydrogen-bond acceptors (Lipinski definition) is 6. The van der Waals surface area contributed by atoms with Crippen molar-refractivity contribution in [3.05, 3.63) is 42.0 Å². The van der Waals surface area contributed by atoms with Crippen LogP contribution in [0.5, 0.6) is 11.5 Å². The molecule has 0 radical (unpaired) electrons. The number of carbonyl (C=O) groups excluding carboxylic acids is 1. The molecule has 0 unspecified atom stereocenters. The van der Waals surface area contributed by atoms with Crippen LogP contribution in [-0.4, -0.2) is 25.5 Å². The normalized spacial score (nSPS) is 14.8. The molecule has 2 aliphatic heterocycles. The van der Waals surface area contributed by atoms with Gasteiger partial charge in [0.2, 0.25) is 0 Å². The summed E-state index contributed by atoms with van der Waals surface area (Å²) >= 11 is 0. The van der Waals surface area contributed by atoms with E-state index in [4.69, 9.17) is 4.74 Å². The number of ether oxygens (including phenoxy) is 1. The van der Waals surface area contributed by atoms with Crippen molar-refractivity contribution in [2.75, 3.05) is 11.6 Å². The van der Waals surface area contributed by atoms with Gasteiger partial charge in [-0.15, -0.1) is 0 Å². The number of para-hydroxylation sites is 1. The van der Waals surface area contributed by atoms with E-state index in [0.29, 0.717) is 22.7 Å². The number of amides is 1. The van der Waals surface area contributed by atoms with E-state index in [1.54, 1.807) is 18.2 Å². The Kier molecular flexibility index (Phi) is 3.89. The SMILES string of the molecule is O=C1NCN2c3ccc(S(=O)(=O)[O-])cc3Oc3cccc1c32.[Na+]. The van der Waals surface area contributed by atoms with Crippen LogP contribution in [-0.2, 0) is 10.1 Å². The molecular weight excluding hydrogens is 331 g/mol. The molecule has 2 aromatic rings. The molecule has 0 aliphatic carbocycles. The molecule has 1 N–H and O–H groups in total. The van der Waals surface area contributed by atoms with Gasteiger partial charge in [-0.2, -0.15) is 0 Å². The second kappa shape index (κ2) is 5.50. The zero-order chi connectivity index (χ0) is 15.5. The quantitative estimate of drug-likeness (QED) is 0.503. The largest absolute Gasteiger partial charge is 1.00 e. The minimum absolute atomic E-state index is 0. The number of rotatable bonds is 1. The van der Waals surface area contributed by atoms with Crippen molar-refractivity contribution in [3.63, 3.8) is 0 Å². The number of fused-ring (bicyclic) bond motifs is 2. The van der Waals surface area contributed by atoms with E-state index in [9.17, 15) is 17.8 Å². The van der Waals surface area contributed by atoms with Gasteiger partial charge in [-0.1, -0.05) is 6.07 Å². The predicted molar refractivity (Wildman–Crippen MR) is 75.4 cm³/mol. The van der Waals surface area contributed by atoms with Crippen LogP contribution in [0.1, 0.15) is 10.4 Å². The minimum Gasteiger partial charge on any atom is -0.744 e. The van der Waals surface area contributed by atoms with Crippen LogP contribution in [0.3, 0.4) is 0 Å². The van der Waals surface area contributed by atoms with Gasteiger partial charge < -0.3 is 19.5 Å². The van der Waals surface area contributed by atoms with Crippen molar-refractivity contribution in [1.82, 2.24) is 5.32 Å². The van der Waals surface area contributed by atoms with E-state index < -0.39 is 10.1 Å². The van der Waals surface area contributed by atoms with Crippen LogP contribution in [0.25, 0.3) is 0 Å². The Morgan fingerprint density at radius 3 is 2.70 bits per heavy atom. The Bertz CT molecular complexity index is 929. The summed E-state index contributed by atoms with van der Waals surface area (Å²) in [5.41, 5.74) is 1.71. The van der Waals surface area contributed by atoms with Crippen molar-refractivity contribution < 1.29 is 52.1 Å². The van der Waals surface area contributed by atoms with E-state index in [1.807, 2.05) is 4.90 Å². The molecule has 1 amide bonds. The van der Waals surface area contributed by atoms with E-state index in [2.05, 4.69) is 5.32 Å². The van der Waals surface area contributed by atoms with Gasteiger partial charge in [0.05, 0.1) is 28.5 Å². The van der Waals surface area contributed by atoms with Gasteiger partial charge in [0.1, 0.15) is 10.1 Å². The fourth-order valence-electron chi connectivity index (χ4n) is 2.67. The molecule has 0 aromatic heterocycles. The second-order valence-corrected chi connectivity index (χ2v) is 6.31. The molecular formula is C14H9N2NaO5S. The van der Waals surface area contributed by atoms with Gasteiger partial charge in [0, 0.05) is 6.07 Å². The van der Waals surface area contributed by atoms with E-state index in [0.717, 1.165) is 0 Å². The van der Waals surface area contributed by atoms with Gasteiger partial charge in [0.15, 0.2) is 11.5 Å². The van der Waals surface area contributed by atoms with Gasteiger partial charge >= 0.3 is 29.6 Å². The third-order valence-electron chi connectivity index (χ3n) is 3.64. The molecule has 7 nitrogen and oxygen atoms in total. The summed E-state index contributed by atoms with van der Waals surface area (Å²) in [6, 6.07) is 8.98. The molecule has 0 bridgehead atoms. The Morgan fingerprint density at radius 1 is 1.17 bits per heavy atom. The van der Waals surface area contributed by atoms with Gasteiger partial charge in [-0.3, -0.25) is 4.79 Å². The van der Waals surface area contributed by atoms with Crippen LogP contribution >= 0.6 is 0 Å². The molecule has 4 rings (SSSR count). The second-order valence-electron chi connectivity index (χ2n) is 4.93. The summed E-state index contributed by atoms with van der Waals surface area (Å²) < 4.78 is 39.1. The Balaban J connectivity index is 0.00000156. The first-order valence-electron chi connectivity index (χ1n) is 6.42. The van der Waals surface area contributed by atoms with Crippen LogP contribution in [0.15, 0.2) is 41.3 Å². The monoisotopic (exact) mass is 340 g/mol. The molecule has 2 heterocycles. The maximum Gasteiger partial charge on any atom is 1.00 e. The summed E-state index contributed by atoms with van der Waals surface area (Å²) in [5.74, 6) is 0.511. The Morgan fingerprint density at radius 2 is 1.96 bits per heavy atom. The first-order chi connectivity index (χ1) is 10.4. The molecule has 0 saturated heterocycles. The number of hydrogen-bond donors (Lipinski definition) is 1. The van der Waals surface area contributed by atoms with Crippen molar-refractivity contribution in [2.24, 2.45) is 0 Å². The zero-order valence-electron chi connectivity index (χ0n) is 12.1. The van der Waals surface area contributed by atoms with Gasteiger partial charge in [-0.25, -0.2) is 8.42 Å². The van der Waals surface area contributed by atoms with Crippen LogP contribution in [0.4, 0.5) is 11.4 Å². The molecule has 2 aromatic carbocycles. The van der Waals surface area contributed by atoms with Gasteiger partial charge in [0.25, 0.3) is 5.91 Å². The maximum atomic E-state index is 11.9. The summed E-state index contributed by atoms with van der Waals surface area (Å²) in [4.78, 5) is 13.4. The standard InChI is InChI=1S/C14H10N2O5S.Na/c17-14-9-2-1-3-11-13(9)16(7-15-14)10-5-4-8(22(18,19)20)6-12(10)21-11;/h1-6H,7H2,(H,15,17)(H,18,19,20);/q;+1/p-1. The predicted octanol–water partition coefficient (Wildman–Crippen LogP) is -1.46. The van der Waals surface area contributed by atoms with Crippen molar-refractivity contribution in [2.45, 2.75) is 4.90 Å². The molecule has 112 valence electrons. The average molecular weight is 340 g/mol. The molecule has 9 heteroatoms. The summed E-state index contributed by atoms with van der Waals surface area (Å²) in [6.07, 6.45) is 0. The smallest absolute Gasteiger partial charge is 0.744 e. The molecule has 0 saturated carbocycles. The number of nitrogens with one attached hydrogen (secondary N) is 1. The van der Waals surface area contributed by atoms with Crippen molar-refractivity contribution in [3.8, 4) is 11.5 Å². The average Bonchev–Trinajstić information content (AvgIpc) is 2.48. The fourth-order valence-corrected chi connectivity index (χ4v) is 3.16. The van der Waals surface area contributed by atoms with Crippen molar-refractivity contribution in [1.29, 1.82) is 0 Å². The first-order valence-corrected chi connectivity index (χ1v) is 7.82. The number of carbonyl (C=O) groups is 1. The third-order valence-corrected chi connectivity index (χ3v) is 4.47. The van der Waals surface area contributed by atoms with E-state index in [-0.39, 0.29) is 52.8 Å². The maximum absolute atomic E-state index is 11.9. The first kappa shape index (κ1) is 16.3. The molecule has 0 fully saturated rings. The number of anilines is 2. The topological polar surface area (TPSA) is 98.8 Å². The van der Waals surface area contributed by atoms with Crippen molar-refractivity contribution >= 4 is 27.4 Å². The van der Waals surface area contributed by atoms with E-state index in [1.165, 1.54) is 18.2 Å². The van der Waals surface area contributed by atoms with E-state index >= 15 is 0 Å². The van der Waals surface area contributed by atoms with Crippen LogP contribution < -0.4 is 44.5 Å². The molecule has 23 heavy (non-hydrogen) atoms. The number of nitrogens with zero attached hydrogens (tertiary/aromatic N) is 1. The zero-order valence-corrected chi connectivity index (χ0v) is 14.9. The van der Waals surface area contributed by atoms with Crippen LogP contribution in [0, 0.1) is 0 Å². The van der Waals surface area contributed by atoms with Gasteiger partial charge in [-0.05, 0) is 24.3 Å². The molecule has 0 atom stereocenters. The third kappa shape index (κ3) is 2.52. The molecule has 0 spiro atoms. The Hall–Kier alpha value is -1.58. The van der Waals surface area contributed by atoms with Crippen LogP contribution in [0.2, 0.25) is 0 Å². The summed E-state index contributed by atoms with van der Waals surface area (Å²) in [7, 11) is -4.56. The molecule has 2 aliphatic rings.